The van der Waals surface area contributed by atoms with Gasteiger partial charge in [0.2, 0.25) is 5.88 Å². The first kappa shape index (κ1) is 13.1. The first-order valence-electron chi connectivity index (χ1n) is 6.61. The molecule has 0 radical (unpaired) electrons. The molecule has 0 amide bonds. The number of aromatic nitrogens is 2. The summed E-state index contributed by atoms with van der Waals surface area (Å²) >= 11 is 0. The number of hydrogen-bond donors (Lipinski definition) is 2. The molecule has 0 bridgehead atoms. The average Bonchev–Trinajstić information content (AvgIpc) is 2.38. The van der Waals surface area contributed by atoms with E-state index in [9.17, 15) is 0 Å². The van der Waals surface area contributed by atoms with Crippen molar-refractivity contribution >= 4 is 5.82 Å². The van der Waals surface area contributed by atoms with E-state index in [0.717, 1.165) is 25.5 Å². The highest BCUT2D eigenvalue weighted by molar-refractivity contribution is 5.37. The van der Waals surface area contributed by atoms with Crippen LogP contribution < -0.4 is 15.4 Å². The molecular formula is C13H22N4O. The highest BCUT2D eigenvalue weighted by Gasteiger charge is 2.26. The maximum Gasteiger partial charge on any atom is 0.218 e. The minimum absolute atomic E-state index is 0.349. The highest BCUT2D eigenvalue weighted by atomic mass is 16.5. The van der Waals surface area contributed by atoms with E-state index >= 15 is 0 Å². The lowest BCUT2D eigenvalue weighted by Gasteiger charge is -2.34. The van der Waals surface area contributed by atoms with E-state index < -0.39 is 0 Å². The Morgan fingerprint density at radius 1 is 1.39 bits per heavy atom. The minimum Gasteiger partial charge on any atom is -0.478 e. The van der Waals surface area contributed by atoms with Gasteiger partial charge >= 0.3 is 0 Å². The SMILES string of the molecule is CCOc1cc(NCC2(C)CCNCC2)ncn1. The molecule has 2 rings (SSSR count). The predicted octanol–water partition coefficient (Wildman–Crippen LogP) is 1.68. The molecule has 18 heavy (non-hydrogen) atoms. The number of nitrogens with one attached hydrogen (secondary N) is 2. The van der Waals surface area contributed by atoms with E-state index in [-0.39, 0.29) is 0 Å². The van der Waals surface area contributed by atoms with E-state index in [1.54, 1.807) is 0 Å². The van der Waals surface area contributed by atoms with E-state index in [2.05, 4.69) is 27.5 Å². The van der Waals surface area contributed by atoms with Crippen molar-refractivity contribution < 1.29 is 4.74 Å². The first-order chi connectivity index (χ1) is 8.72. The van der Waals surface area contributed by atoms with Crippen molar-refractivity contribution in [2.24, 2.45) is 5.41 Å². The van der Waals surface area contributed by atoms with Crippen molar-refractivity contribution in [2.75, 3.05) is 31.6 Å². The summed E-state index contributed by atoms with van der Waals surface area (Å²) in [7, 11) is 0. The van der Waals surface area contributed by atoms with Crippen LogP contribution in [0.15, 0.2) is 12.4 Å². The van der Waals surface area contributed by atoms with Crippen LogP contribution in [0.2, 0.25) is 0 Å². The molecule has 0 unspecified atom stereocenters. The fourth-order valence-corrected chi connectivity index (χ4v) is 2.17. The topological polar surface area (TPSA) is 59.1 Å². The van der Waals surface area contributed by atoms with Crippen molar-refractivity contribution in [3.63, 3.8) is 0 Å². The molecule has 5 nitrogen and oxygen atoms in total. The van der Waals surface area contributed by atoms with Crippen LogP contribution in [0.25, 0.3) is 0 Å². The molecule has 1 aliphatic rings. The van der Waals surface area contributed by atoms with Gasteiger partial charge in [-0.05, 0) is 38.3 Å². The Bertz CT molecular complexity index is 377. The zero-order valence-corrected chi connectivity index (χ0v) is 11.2. The molecule has 100 valence electrons. The van der Waals surface area contributed by atoms with Gasteiger partial charge in [-0.3, -0.25) is 0 Å². The van der Waals surface area contributed by atoms with E-state index in [1.165, 1.54) is 19.2 Å². The fourth-order valence-electron chi connectivity index (χ4n) is 2.17. The zero-order valence-electron chi connectivity index (χ0n) is 11.2. The second-order valence-electron chi connectivity index (χ2n) is 5.09. The summed E-state index contributed by atoms with van der Waals surface area (Å²) in [6.07, 6.45) is 3.94. The summed E-state index contributed by atoms with van der Waals surface area (Å²) in [4.78, 5) is 8.28. The standard InChI is InChI=1S/C13H22N4O/c1-3-18-12-8-11(16-10-17-12)15-9-13(2)4-6-14-7-5-13/h8,10,14H,3-7,9H2,1-2H3,(H,15,16,17). The van der Waals surface area contributed by atoms with Gasteiger partial charge in [0.1, 0.15) is 12.1 Å². The van der Waals surface area contributed by atoms with Crippen LogP contribution in [-0.4, -0.2) is 36.2 Å². The summed E-state index contributed by atoms with van der Waals surface area (Å²) in [5.74, 6) is 1.47. The van der Waals surface area contributed by atoms with Crippen molar-refractivity contribution in [2.45, 2.75) is 26.7 Å². The second-order valence-corrected chi connectivity index (χ2v) is 5.09. The number of nitrogens with zero attached hydrogens (tertiary/aromatic N) is 2. The Hall–Kier alpha value is -1.36. The first-order valence-corrected chi connectivity index (χ1v) is 6.61. The van der Waals surface area contributed by atoms with Crippen LogP contribution in [0.4, 0.5) is 5.82 Å². The van der Waals surface area contributed by atoms with Gasteiger partial charge in [-0.1, -0.05) is 6.92 Å². The van der Waals surface area contributed by atoms with Crippen molar-refractivity contribution in [1.82, 2.24) is 15.3 Å². The van der Waals surface area contributed by atoms with Crippen LogP contribution in [0.3, 0.4) is 0 Å². The smallest absolute Gasteiger partial charge is 0.218 e. The lowest BCUT2D eigenvalue weighted by Crippen LogP contribution is -2.39. The largest absolute Gasteiger partial charge is 0.478 e. The molecule has 1 aromatic heterocycles. The van der Waals surface area contributed by atoms with Gasteiger partial charge in [-0.25, -0.2) is 9.97 Å². The van der Waals surface area contributed by atoms with Crippen molar-refractivity contribution in [1.29, 1.82) is 0 Å². The molecule has 1 fully saturated rings. The van der Waals surface area contributed by atoms with Gasteiger partial charge in [0, 0.05) is 12.6 Å². The zero-order chi connectivity index (χ0) is 12.8. The Morgan fingerprint density at radius 3 is 2.89 bits per heavy atom. The molecule has 0 saturated carbocycles. The van der Waals surface area contributed by atoms with Gasteiger partial charge in [0.05, 0.1) is 6.61 Å². The van der Waals surface area contributed by atoms with Crippen LogP contribution in [0.1, 0.15) is 26.7 Å². The van der Waals surface area contributed by atoms with Crippen molar-refractivity contribution in [3.05, 3.63) is 12.4 Å². The number of ether oxygens (including phenoxy) is 1. The maximum atomic E-state index is 5.36. The third-order valence-electron chi connectivity index (χ3n) is 3.44. The molecule has 0 atom stereocenters. The summed E-state index contributed by atoms with van der Waals surface area (Å²) in [6, 6.07) is 1.86. The average molecular weight is 250 g/mol. The van der Waals surface area contributed by atoms with E-state index in [0.29, 0.717) is 17.9 Å². The molecule has 0 spiro atoms. The van der Waals surface area contributed by atoms with Crippen LogP contribution >= 0.6 is 0 Å². The minimum atomic E-state index is 0.349. The third kappa shape index (κ3) is 3.57. The second kappa shape index (κ2) is 6.00. The van der Waals surface area contributed by atoms with Crippen LogP contribution in [0.5, 0.6) is 5.88 Å². The number of hydrogen-bond acceptors (Lipinski definition) is 5. The molecule has 0 aromatic carbocycles. The molecule has 5 heteroatoms. The normalized spacial score (nSPS) is 18.3. The quantitative estimate of drug-likeness (QED) is 0.832. The molecule has 1 saturated heterocycles. The van der Waals surface area contributed by atoms with Gasteiger partial charge in [-0.2, -0.15) is 0 Å². The molecule has 1 aromatic rings. The highest BCUT2D eigenvalue weighted by Crippen LogP contribution is 2.28. The number of anilines is 1. The Kier molecular flexibility index (Phi) is 4.36. The van der Waals surface area contributed by atoms with Gasteiger partial charge in [0.15, 0.2) is 0 Å². The van der Waals surface area contributed by atoms with E-state index in [1.807, 2.05) is 13.0 Å². The lowest BCUT2D eigenvalue weighted by molar-refractivity contribution is 0.247. The third-order valence-corrected chi connectivity index (χ3v) is 3.44. The Labute approximate surface area is 108 Å². The lowest BCUT2D eigenvalue weighted by atomic mass is 9.81. The van der Waals surface area contributed by atoms with E-state index in [4.69, 9.17) is 4.74 Å². The Morgan fingerprint density at radius 2 is 2.17 bits per heavy atom. The summed E-state index contributed by atoms with van der Waals surface area (Å²) in [6.45, 7) is 8.05. The molecule has 2 heterocycles. The summed E-state index contributed by atoms with van der Waals surface area (Å²) < 4.78 is 5.36. The maximum absolute atomic E-state index is 5.36. The monoisotopic (exact) mass is 250 g/mol. The Balaban J connectivity index is 1.90. The van der Waals surface area contributed by atoms with Crippen LogP contribution in [-0.2, 0) is 0 Å². The molecule has 2 N–H and O–H groups in total. The molecule has 1 aliphatic heterocycles. The molecule has 0 aliphatic carbocycles. The molecular weight excluding hydrogens is 228 g/mol. The summed E-state index contributed by atoms with van der Waals surface area (Å²) in [5, 5.41) is 6.79. The van der Waals surface area contributed by atoms with Gasteiger partial charge < -0.3 is 15.4 Å². The van der Waals surface area contributed by atoms with Crippen LogP contribution in [0, 0.1) is 5.41 Å². The van der Waals surface area contributed by atoms with Gasteiger partial charge in [-0.15, -0.1) is 0 Å². The number of piperidine rings is 1. The van der Waals surface area contributed by atoms with Crippen molar-refractivity contribution in [3.8, 4) is 5.88 Å². The predicted molar refractivity (Wildman–Crippen MR) is 71.9 cm³/mol. The van der Waals surface area contributed by atoms with Gasteiger partial charge in [0.25, 0.3) is 0 Å². The number of rotatable bonds is 5. The fraction of sp³-hybridized carbons (Fsp3) is 0.692. The summed E-state index contributed by atoms with van der Waals surface area (Å²) in [5.41, 5.74) is 0.349.